The number of hydrogen-bond donors (Lipinski definition) is 0. The number of carbonyl (C=O) groups excluding carboxylic acids is 1. The van der Waals surface area contributed by atoms with Crippen LogP contribution in [0.2, 0.25) is 0 Å². The largest absolute Gasteiger partial charge is 0.357 e. The number of hydrogen-bond acceptors (Lipinski definition) is 5. The summed E-state index contributed by atoms with van der Waals surface area (Å²) in [5, 5.41) is 9.00. The van der Waals surface area contributed by atoms with Crippen LogP contribution in [0.3, 0.4) is 0 Å². The normalized spacial score (nSPS) is 17.5. The minimum atomic E-state index is -0.640. The van der Waals surface area contributed by atoms with Crippen molar-refractivity contribution in [2.24, 2.45) is 5.92 Å². The molecule has 1 aromatic carbocycles. The van der Waals surface area contributed by atoms with E-state index < -0.39 is 5.92 Å². The molecule has 5 nitrogen and oxygen atoms in total. The SMILES string of the molecule is CN1CC(C#N)C(=O)c2cnc(-c3ccccc3)nc21. The molecule has 3 rings (SSSR count). The van der Waals surface area contributed by atoms with Crippen LogP contribution in [0.1, 0.15) is 10.4 Å². The van der Waals surface area contributed by atoms with E-state index >= 15 is 0 Å². The lowest BCUT2D eigenvalue weighted by molar-refractivity contribution is 0.0945. The minimum Gasteiger partial charge on any atom is -0.357 e. The van der Waals surface area contributed by atoms with Gasteiger partial charge in [0.2, 0.25) is 0 Å². The van der Waals surface area contributed by atoms with E-state index in [0.29, 0.717) is 23.8 Å². The first-order chi connectivity index (χ1) is 9.70. The molecule has 0 N–H and O–H groups in total. The number of Topliss-reactive ketones (excluding diaryl/α,β-unsaturated/α-hetero) is 1. The monoisotopic (exact) mass is 264 g/mol. The Hall–Kier alpha value is -2.74. The van der Waals surface area contributed by atoms with Crippen molar-refractivity contribution < 1.29 is 4.79 Å². The van der Waals surface area contributed by atoms with Crippen molar-refractivity contribution in [2.75, 3.05) is 18.5 Å². The third kappa shape index (κ3) is 1.91. The van der Waals surface area contributed by atoms with E-state index in [9.17, 15) is 4.79 Å². The van der Waals surface area contributed by atoms with Crippen molar-refractivity contribution in [3.63, 3.8) is 0 Å². The summed E-state index contributed by atoms with van der Waals surface area (Å²) in [4.78, 5) is 22.7. The van der Waals surface area contributed by atoms with Crippen LogP contribution in [0.4, 0.5) is 5.82 Å². The summed E-state index contributed by atoms with van der Waals surface area (Å²) in [5.74, 6) is 0.341. The van der Waals surface area contributed by atoms with Crippen molar-refractivity contribution in [3.8, 4) is 17.5 Å². The molecule has 2 heterocycles. The van der Waals surface area contributed by atoms with Gasteiger partial charge in [-0.05, 0) is 0 Å². The van der Waals surface area contributed by atoms with Crippen molar-refractivity contribution >= 4 is 11.6 Å². The Bertz CT molecular complexity index is 706. The average Bonchev–Trinajstić information content (AvgIpc) is 2.51. The van der Waals surface area contributed by atoms with Gasteiger partial charge in [-0.15, -0.1) is 0 Å². The van der Waals surface area contributed by atoms with Crippen LogP contribution in [0.5, 0.6) is 0 Å². The fourth-order valence-electron chi connectivity index (χ4n) is 2.29. The average molecular weight is 264 g/mol. The maximum Gasteiger partial charge on any atom is 0.187 e. The highest BCUT2D eigenvalue weighted by molar-refractivity contribution is 6.05. The fourth-order valence-corrected chi connectivity index (χ4v) is 2.29. The zero-order chi connectivity index (χ0) is 14.1. The predicted octanol–water partition coefficient (Wildman–Crippen LogP) is 1.92. The molecule has 1 aliphatic heterocycles. The standard InChI is InChI=1S/C15H12N4O/c1-19-9-11(7-16)13(20)12-8-17-14(18-15(12)19)10-5-3-2-4-6-10/h2-6,8,11H,9H2,1H3. The summed E-state index contributed by atoms with van der Waals surface area (Å²) < 4.78 is 0. The van der Waals surface area contributed by atoms with Gasteiger partial charge >= 0.3 is 0 Å². The fraction of sp³-hybridized carbons (Fsp3) is 0.200. The topological polar surface area (TPSA) is 69.9 Å². The van der Waals surface area contributed by atoms with E-state index in [1.165, 1.54) is 6.20 Å². The molecule has 1 unspecified atom stereocenters. The Morgan fingerprint density at radius 1 is 1.35 bits per heavy atom. The minimum absolute atomic E-state index is 0.194. The van der Waals surface area contributed by atoms with Crippen LogP contribution in [-0.4, -0.2) is 29.3 Å². The first kappa shape index (κ1) is 12.3. The number of benzene rings is 1. The molecule has 2 aromatic rings. The third-order valence-corrected chi connectivity index (χ3v) is 3.36. The molecule has 0 bridgehead atoms. The first-order valence-corrected chi connectivity index (χ1v) is 6.28. The Labute approximate surface area is 116 Å². The van der Waals surface area contributed by atoms with Crippen LogP contribution >= 0.6 is 0 Å². The van der Waals surface area contributed by atoms with Gasteiger partial charge in [-0.25, -0.2) is 9.97 Å². The van der Waals surface area contributed by atoms with Crippen LogP contribution in [0.25, 0.3) is 11.4 Å². The summed E-state index contributed by atoms with van der Waals surface area (Å²) in [6.07, 6.45) is 1.52. The Morgan fingerprint density at radius 2 is 2.10 bits per heavy atom. The van der Waals surface area contributed by atoms with Gasteiger partial charge in [0.05, 0.1) is 11.6 Å². The molecule has 0 saturated heterocycles. The number of ketones is 1. The summed E-state index contributed by atoms with van der Waals surface area (Å²) in [6, 6.07) is 11.6. The molecule has 1 atom stereocenters. The summed E-state index contributed by atoms with van der Waals surface area (Å²) in [7, 11) is 1.83. The first-order valence-electron chi connectivity index (χ1n) is 6.28. The van der Waals surface area contributed by atoms with Crippen molar-refractivity contribution in [1.82, 2.24) is 9.97 Å². The highest BCUT2D eigenvalue weighted by atomic mass is 16.1. The number of carbonyl (C=O) groups is 1. The number of rotatable bonds is 1. The van der Waals surface area contributed by atoms with E-state index in [1.54, 1.807) is 0 Å². The highest BCUT2D eigenvalue weighted by Gasteiger charge is 2.32. The molecular formula is C15H12N4O. The maximum absolute atomic E-state index is 12.1. The molecule has 0 amide bonds. The Balaban J connectivity index is 2.09. The lowest BCUT2D eigenvalue weighted by Crippen LogP contribution is -2.37. The van der Waals surface area contributed by atoms with E-state index in [-0.39, 0.29) is 5.78 Å². The smallest absolute Gasteiger partial charge is 0.187 e. The van der Waals surface area contributed by atoms with E-state index in [2.05, 4.69) is 9.97 Å². The third-order valence-electron chi connectivity index (χ3n) is 3.36. The zero-order valence-electron chi connectivity index (χ0n) is 10.9. The molecule has 20 heavy (non-hydrogen) atoms. The quantitative estimate of drug-likeness (QED) is 0.787. The van der Waals surface area contributed by atoms with E-state index in [4.69, 9.17) is 5.26 Å². The number of anilines is 1. The Kier molecular flexibility index (Phi) is 2.92. The molecular weight excluding hydrogens is 252 g/mol. The molecule has 5 heteroatoms. The molecule has 0 aliphatic carbocycles. The molecule has 0 radical (unpaired) electrons. The van der Waals surface area contributed by atoms with Crippen LogP contribution in [-0.2, 0) is 0 Å². The molecule has 0 spiro atoms. The van der Waals surface area contributed by atoms with Gasteiger partial charge in [0.1, 0.15) is 11.7 Å². The number of nitriles is 1. The van der Waals surface area contributed by atoms with Crippen molar-refractivity contribution in [2.45, 2.75) is 0 Å². The molecule has 1 aromatic heterocycles. The van der Waals surface area contributed by atoms with E-state index in [0.717, 1.165) is 5.56 Å². The second-order valence-corrected chi connectivity index (χ2v) is 4.72. The van der Waals surface area contributed by atoms with Gasteiger partial charge in [0, 0.05) is 25.4 Å². The second kappa shape index (κ2) is 4.74. The van der Waals surface area contributed by atoms with Gasteiger partial charge in [-0.2, -0.15) is 5.26 Å². The van der Waals surface area contributed by atoms with Gasteiger partial charge in [-0.1, -0.05) is 30.3 Å². The van der Waals surface area contributed by atoms with Crippen LogP contribution < -0.4 is 4.90 Å². The van der Waals surface area contributed by atoms with E-state index in [1.807, 2.05) is 48.3 Å². The lowest BCUT2D eigenvalue weighted by atomic mass is 9.95. The highest BCUT2D eigenvalue weighted by Crippen LogP contribution is 2.28. The number of fused-ring (bicyclic) bond motifs is 1. The van der Waals surface area contributed by atoms with Gasteiger partial charge in [-0.3, -0.25) is 4.79 Å². The van der Waals surface area contributed by atoms with Gasteiger partial charge < -0.3 is 4.90 Å². The summed E-state index contributed by atoms with van der Waals surface area (Å²) in [5.41, 5.74) is 1.32. The van der Waals surface area contributed by atoms with Gasteiger partial charge in [0.15, 0.2) is 11.6 Å². The molecule has 98 valence electrons. The summed E-state index contributed by atoms with van der Waals surface area (Å²) in [6.45, 7) is 0.369. The molecule has 0 fully saturated rings. The summed E-state index contributed by atoms with van der Waals surface area (Å²) >= 11 is 0. The van der Waals surface area contributed by atoms with Gasteiger partial charge in [0.25, 0.3) is 0 Å². The van der Waals surface area contributed by atoms with Crippen molar-refractivity contribution in [1.29, 1.82) is 5.26 Å². The number of nitrogens with zero attached hydrogens (tertiary/aromatic N) is 4. The van der Waals surface area contributed by atoms with Crippen molar-refractivity contribution in [3.05, 3.63) is 42.1 Å². The zero-order valence-corrected chi connectivity index (χ0v) is 10.9. The lowest BCUT2D eigenvalue weighted by Gasteiger charge is -2.27. The number of aromatic nitrogens is 2. The Morgan fingerprint density at radius 3 is 2.80 bits per heavy atom. The maximum atomic E-state index is 12.1. The molecule has 1 aliphatic rings. The predicted molar refractivity (Wildman–Crippen MR) is 74.2 cm³/mol. The van der Waals surface area contributed by atoms with Crippen LogP contribution in [0.15, 0.2) is 36.5 Å². The molecule has 0 saturated carbocycles. The van der Waals surface area contributed by atoms with Crippen LogP contribution in [0, 0.1) is 17.2 Å². The second-order valence-electron chi connectivity index (χ2n) is 4.72.